The number of carbonyl (C=O) groups is 1. The number of thiophene rings is 1. The Morgan fingerprint density at radius 2 is 2.25 bits per heavy atom. The zero-order valence-electron chi connectivity index (χ0n) is 14.5. The van der Waals surface area contributed by atoms with Gasteiger partial charge in [0.2, 0.25) is 0 Å². The van der Waals surface area contributed by atoms with E-state index >= 15 is 0 Å². The summed E-state index contributed by atoms with van der Waals surface area (Å²) in [5.41, 5.74) is 1.22. The van der Waals surface area contributed by atoms with Gasteiger partial charge in [-0.25, -0.2) is 4.79 Å². The van der Waals surface area contributed by atoms with Gasteiger partial charge in [0.05, 0.1) is 16.9 Å². The molecule has 6 heteroatoms. The summed E-state index contributed by atoms with van der Waals surface area (Å²) in [7, 11) is 1.80. The molecule has 0 saturated carbocycles. The first kappa shape index (κ1) is 17.4. The molecule has 3 rings (SSSR count). The first-order valence-corrected chi connectivity index (χ1v) is 9.28. The quantitative estimate of drug-likeness (QED) is 0.815. The largest absolute Gasteiger partial charge is 0.466 e. The van der Waals surface area contributed by atoms with E-state index in [4.69, 9.17) is 16.0 Å². The summed E-state index contributed by atoms with van der Waals surface area (Å²) < 4.78 is 6.58. The van der Waals surface area contributed by atoms with Crippen molar-refractivity contribution >= 4 is 29.0 Å². The fraction of sp³-hybridized carbons (Fsp3) is 0.500. The van der Waals surface area contributed by atoms with Gasteiger partial charge in [0.25, 0.3) is 0 Å². The van der Waals surface area contributed by atoms with Crippen LogP contribution in [0, 0.1) is 12.3 Å². The van der Waals surface area contributed by atoms with Crippen LogP contribution in [0.4, 0.5) is 4.79 Å². The highest BCUT2D eigenvalue weighted by atomic mass is 35.5. The van der Waals surface area contributed by atoms with E-state index < -0.39 is 0 Å². The van der Waals surface area contributed by atoms with Crippen molar-refractivity contribution in [3.8, 4) is 0 Å². The number of nitrogens with one attached hydrogen (secondary N) is 1. The Morgan fingerprint density at radius 1 is 1.50 bits per heavy atom. The number of rotatable bonds is 3. The number of hydrogen-bond donors (Lipinski definition) is 1. The van der Waals surface area contributed by atoms with Crippen LogP contribution in [0.3, 0.4) is 0 Å². The Bertz CT molecular complexity index is 750. The van der Waals surface area contributed by atoms with Gasteiger partial charge in [-0.1, -0.05) is 25.4 Å². The third-order valence-electron chi connectivity index (χ3n) is 4.40. The highest BCUT2D eigenvalue weighted by Gasteiger charge is 2.35. The molecule has 2 aromatic heterocycles. The molecular formula is C18H23ClN2O2S. The Labute approximate surface area is 151 Å². The van der Waals surface area contributed by atoms with Gasteiger partial charge in [-0.05, 0) is 37.0 Å². The topological polar surface area (TPSA) is 45.5 Å². The van der Waals surface area contributed by atoms with Crippen molar-refractivity contribution in [2.75, 3.05) is 7.05 Å². The van der Waals surface area contributed by atoms with Crippen molar-refractivity contribution in [1.29, 1.82) is 0 Å². The molecular weight excluding hydrogens is 344 g/mol. The highest BCUT2D eigenvalue weighted by molar-refractivity contribution is 7.16. The Balaban J connectivity index is 1.71. The molecule has 1 N–H and O–H groups in total. The maximum absolute atomic E-state index is 12.6. The molecule has 0 saturated heterocycles. The number of nitrogens with zero attached hydrogens (tertiary/aromatic N) is 1. The maximum atomic E-state index is 12.6. The second kappa shape index (κ2) is 6.45. The van der Waals surface area contributed by atoms with E-state index in [1.165, 1.54) is 11.3 Å². The molecule has 0 spiro atoms. The monoisotopic (exact) mass is 366 g/mol. The van der Waals surface area contributed by atoms with Gasteiger partial charge >= 0.3 is 6.03 Å². The minimum absolute atomic E-state index is 0.0110. The minimum atomic E-state index is -0.0768. The molecule has 1 aliphatic rings. The van der Waals surface area contributed by atoms with Gasteiger partial charge in [-0.2, -0.15) is 0 Å². The standard InChI is InChI=1S/C18H23ClN2O2S/c1-11-7-13-14(8-18(2,3)9-15(13)23-11)20-17(22)21(4)10-12-5-6-16(19)24-12/h5-7,14H,8-10H2,1-4H3,(H,20,22). The molecule has 0 radical (unpaired) electrons. The number of halogens is 1. The third kappa shape index (κ3) is 3.78. The molecule has 1 atom stereocenters. The van der Waals surface area contributed by atoms with E-state index in [1.54, 1.807) is 11.9 Å². The van der Waals surface area contributed by atoms with Crippen LogP contribution >= 0.6 is 22.9 Å². The molecule has 0 aromatic carbocycles. The molecule has 4 nitrogen and oxygen atoms in total. The summed E-state index contributed by atoms with van der Waals surface area (Å²) in [6.07, 6.45) is 1.81. The van der Waals surface area contributed by atoms with Gasteiger partial charge < -0.3 is 14.6 Å². The Hall–Kier alpha value is -1.46. The van der Waals surface area contributed by atoms with Crippen LogP contribution in [0.1, 0.15) is 48.3 Å². The SMILES string of the molecule is Cc1cc2c(o1)CC(C)(C)CC2NC(=O)N(C)Cc1ccc(Cl)s1. The van der Waals surface area contributed by atoms with E-state index in [0.717, 1.165) is 39.1 Å². The summed E-state index contributed by atoms with van der Waals surface area (Å²) in [4.78, 5) is 15.4. The molecule has 130 valence electrons. The zero-order chi connectivity index (χ0) is 17.5. The zero-order valence-corrected chi connectivity index (χ0v) is 16.1. The smallest absolute Gasteiger partial charge is 0.317 e. The molecule has 2 aromatic rings. The summed E-state index contributed by atoms with van der Waals surface area (Å²) in [5.74, 6) is 1.90. The second-order valence-corrected chi connectivity index (χ2v) is 9.14. The predicted octanol–water partition coefficient (Wildman–Crippen LogP) is 5.16. The lowest BCUT2D eigenvalue weighted by Gasteiger charge is -2.35. The van der Waals surface area contributed by atoms with E-state index in [2.05, 4.69) is 25.2 Å². The number of carbonyl (C=O) groups excluding carboxylic acids is 1. The van der Waals surface area contributed by atoms with Crippen LogP contribution in [0.5, 0.6) is 0 Å². The van der Waals surface area contributed by atoms with Crippen LogP contribution in [0.15, 0.2) is 22.6 Å². The van der Waals surface area contributed by atoms with Crippen molar-refractivity contribution in [2.45, 2.75) is 46.2 Å². The third-order valence-corrected chi connectivity index (χ3v) is 5.62. The van der Waals surface area contributed by atoms with E-state index in [-0.39, 0.29) is 17.5 Å². The average molecular weight is 367 g/mol. The summed E-state index contributed by atoms with van der Waals surface area (Å²) >= 11 is 7.46. The number of furan rings is 1. The van der Waals surface area contributed by atoms with Crippen molar-refractivity contribution < 1.29 is 9.21 Å². The molecule has 1 aliphatic carbocycles. The second-order valence-electron chi connectivity index (χ2n) is 7.34. The Kier molecular flexibility index (Phi) is 4.67. The summed E-state index contributed by atoms with van der Waals surface area (Å²) in [6, 6.07) is 5.78. The van der Waals surface area contributed by atoms with Crippen molar-refractivity contribution in [1.82, 2.24) is 10.2 Å². The number of urea groups is 1. The molecule has 1 unspecified atom stereocenters. The van der Waals surface area contributed by atoms with Crippen LogP contribution in [-0.4, -0.2) is 18.0 Å². The van der Waals surface area contributed by atoms with E-state index in [1.807, 2.05) is 19.1 Å². The number of aryl methyl sites for hydroxylation is 1. The van der Waals surface area contributed by atoms with Crippen molar-refractivity contribution in [2.24, 2.45) is 5.41 Å². The van der Waals surface area contributed by atoms with Crippen LogP contribution in [0.2, 0.25) is 4.34 Å². The lowest BCUT2D eigenvalue weighted by atomic mass is 9.75. The van der Waals surface area contributed by atoms with Crippen LogP contribution in [-0.2, 0) is 13.0 Å². The van der Waals surface area contributed by atoms with Gasteiger partial charge in [-0.15, -0.1) is 11.3 Å². The molecule has 0 fully saturated rings. The maximum Gasteiger partial charge on any atom is 0.317 e. The molecule has 24 heavy (non-hydrogen) atoms. The molecule has 2 amide bonds. The molecule has 0 aliphatic heterocycles. The lowest BCUT2D eigenvalue weighted by Crippen LogP contribution is -2.42. The van der Waals surface area contributed by atoms with E-state index in [9.17, 15) is 4.79 Å². The number of amides is 2. The van der Waals surface area contributed by atoms with Crippen molar-refractivity contribution in [3.05, 3.63) is 44.5 Å². The minimum Gasteiger partial charge on any atom is -0.466 e. The van der Waals surface area contributed by atoms with Crippen LogP contribution < -0.4 is 5.32 Å². The summed E-state index contributed by atoms with van der Waals surface area (Å²) in [6.45, 7) is 6.93. The molecule has 2 heterocycles. The summed E-state index contributed by atoms with van der Waals surface area (Å²) in [5, 5.41) is 3.17. The van der Waals surface area contributed by atoms with E-state index in [0.29, 0.717) is 6.54 Å². The fourth-order valence-electron chi connectivity index (χ4n) is 3.31. The fourth-order valence-corrected chi connectivity index (χ4v) is 4.46. The number of hydrogen-bond acceptors (Lipinski definition) is 3. The van der Waals surface area contributed by atoms with Crippen LogP contribution in [0.25, 0.3) is 0 Å². The Morgan fingerprint density at radius 3 is 2.92 bits per heavy atom. The first-order chi connectivity index (χ1) is 11.2. The van der Waals surface area contributed by atoms with Gasteiger partial charge in [-0.3, -0.25) is 0 Å². The predicted molar refractivity (Wildman–Crippen MR) is 97.6 cm³/mol. The highest BCUT2D eigenvalue weighted by Crippen LogP contribution is 2.42. The van der Waals surface area contributed by atoms with Gasteiger partial charge in [0.15, 0.2) is 0 Å². The van der Waals surface area contributed by atoms with Crippen molar-refractivity contribution in [3.63, 3.8) is 0 Å². The van der Waals surface area contributed by atoms with Gasteiger partial charge in [0, 0.05) is 23.9 Å². The van der Waals surface area contributed by atoms with Gasteiger partial charge in [0.1, 0.15) is 11.5 Å². The number of fused-ring (bicyclic) bond motifs is 1. The average Bonchev–Trinajstić information content (AvgIpc) is 3.02. The first-order valence-electron chi connectivity index (χ1n) is 8.08. The lowest BCUT2D eigenvalue weighted by molar-refractivity contribution is 0.189. The normalized spacial score (nSPS) is 19.0. The molecule has 0 bridgehead atoms.